The maximum absolute atomic E-state index is 16.2. The monoisotopic (exact) mass is 787 g/mol. The second kappa shape index (κ2) is 13.8. The SMILES string of the molecule is Fc1cc(-c2nc(-c3cc(F)c(-c4ccc5ccc6cccnc6c5n4)c(F)c3)nc(-c3ccc4ccccc4c3)n2)cc(F)c1-c1ccc2ccc3cccnc3c2n1. The number of hydrogen-bond acceptors (Lipinski definition) is 7. The standard InChI is InChI=1S/C49H25F4N7/c50-35-22-33(23-36(51)41(35)39-17-15-29-12-10-27-7-3-19-54-43(27)45(29)56-39)48-58-47(32-14-9-26-5-1-2-6-31(26)21-32)59-49(60-48)34-24-37(52)42(38(53)25-34)40-18-16-30-13-11-28-8-4-20-55-44(28)46(30)57-40/h1-25H. The zero-order valence-corrected chi connectivity index (χ0v) is 31.1. The van der Waals surface area contributed by atoms with Gasteiger partial charge in [-0.15, -0.1) is 0 Å². The normalized spacial score (nSPS) is 11.7. The Balaban J connectivity index is 1.04. The van der Waals surface area contributed by atoms with E-state index in [2.05, 4.69) is 34.9 Å². The van der Waals surface area contributed by atoms with Crippen LogP contribution < -0.4 is 0 Å². The molecule has 0 aliphatic heterocycles. The summed E-state index contributed by atoms with van der Waals surface area (Å²) in [6, 6.07) is 39.2. The summed E-state index contributed by atoms with van der Waals surface area (Å²) < 4.78 is 64.9. The van der Waals surface area contributed by atoms with Gasteiger partial charge in [-0.2, -0.15) is 0 Å². The van der Waals surface area contributed by atoms with Gasteiger partial charge in [0.25, 0.3) is 0 Å². The molecule has 0 radical (unpaired) electrons. The van der Waals surface area contributed by atoms with Gasteiger partial charge in [0.1, 0.15) is 23.3 Å². The highest BCUT2D eigenvalue weighted by atomic mass is 19.1. The lowest BCUT2D eigenvalue weighted by Crippen LogP contribution is -2.03. The molecule has 60 heavy (non-hydrogen) atoms. The third-order valence-corrected chi connectivity index (χ3v) is 10.6. The summed E-state index contributed by atoms with van der Waals surface area (Å²) in [4.78, 5) is 32.0. The highest BCUT2D eigenvalue weighted by molar-refractivity contribution is 6.04. The molecule has 0 N–H and O–H groups in total. The van der Waals surface area contributed by atoms with Crippen LogP contribution in [0.3, 0.4) is 0 Å². The van der Waals surface area contributed by atoms with E-state index < -0.39 is 23.3 Å². The fourth-order valence-electron chi connectivity index (χ4n) is 7.71. The molecule has 0 fully saturated rings. The Morgan fingerprint density at radius 2 is 0.683 bits per heavy atom. The largest absolute Gasteiger partial charge is 0.254 e. The van der Waals surface area contributed by atoms with Gasteiger partial charge in [0.2, 0.25) is 0 Å². The van der Waals surface area contributed by atoms with Gasteiger partial charge in [0.15, 0.2) is 17.5 Å². The lowest BCUT2D eigenvalue weighted by Gasteiger charge is -2.12. The summed E-state index contributed by atoms with van der Waals surface area (Å²) in [6.45, 7) is 0. The first kappa shape index (κ1) is 35.1. The first-order chi connectivity index (χ1) is 29.3. The minimum absolute atomic E-state index is 0.0221. The predicted octanol–water partition coefficient (Wildman–Crippen LogP) is 12.1. The molecule has 284 valence electrons. The van der Waals surface area contributed by atoms with Gasteiger partial charge < -0.3 is 0 Å². The molecule has 5 aromatic heterocycles. The predicted molar refractivity (Wildman–Crippen MR) is 226 cm³/mol. The van der Waals surface area contributed by atoms with Crippen LogP contribution in [-0.2, 0) is 0 Å². The van der Waals surface area contributed by atoms with E-state index in [1.54, 1.807) is 54.9 Å². The number of halogens is 4. The molecule has 0 saturated heterocycles. The van der Waals surface area contributed by atoms with Crippen molar-refractivity contribution in [1.82, 2.24) is 34.9 Å². The molecule has 6 aromatic carbocycles. The highest BCUT2D eigenvalue weighted by Crippen LogP contribution is 2.36. The Morgan fingerprint density at radius 1 is 0.300 bits per heavy atom. The van der Waals surface area contributed by atoms with Crippen LogP contribution in [0.5, 0.6) is 0 Å². The van der Waals surface area contributed by atoms with Crippen molar-refractivity contribution in [1.29, 1.82) is 0 Å². The highest BCUT2D eigenvalue weighted by Gasteiger charge is 2.22. The molecule has 0 unspecified atom stereocenters. The van der Waals surface area contributed by atoms with Gasteiger partial charge in [-0.25, -0.2) is 42.5 Å². The Labute approximate surface area is 337 Å². The Bertz CT molecular complexity index is 3340. The average molecular weight is 788 g/mol. The van der Waals surface area contributed by atoms with Gasteiger partial charge in [-0.05, 0) is 65.4 Å². The van der Waals surface area contributed by atoms with Crippen molar-refractivity contribution in [3.05, 3.63) is 175 Å². The zero-order valence-electron chi connectivity index (χ0n) is 31.1. The first-order valence-corrected chi connectivity index (χ1v) is 18.9. The number of benzene rings is 6. The summed E-state index contributed by atoms with van der Waals surface area (Å²) in [5, 5.41) is 5.06. The van der Waals surface area contributed by atoms with Crippen LogP contribution >= 0.6 is 0 Å². The molecule has 5 heterocycles. The maximum Gasteiger partial charge on any atom is 0.164 e. The molecule has 0 spiro atoms. The van der Waals surface area contributed by atoms with Crippen LogP contribution in [-0.4, -0.2) is 34.9 Å². The van der Waals surface area contributed by atoms with E-state index in [4.69, 9.17) is 0 Å². The lowest BCUT2D eigenvalue weighted by atomic mass is 10.0. The number of nitrogens with zero attached hydrogens (tertiary/aromatic N) is 7. The summed E-state index contributed by atoms with van der Waals surface area (Å²) in [7, 11) is 0. The van der Waals surface area contributed by atoms with Crippen molar-refractivity contribution in [2.45, 2.75) is 0 Å². The minimum atomic E-state index is -0.911. The third-order valence-electron chi connectivity index (χ3n) is 10.6. The summed E-state index contributed by atoms with van der Waals surface area (Å²) in [5.41, 5.74) is 2.19. The smallest absolute Gasteiger partial charge is 0.164 e. The maximum atomic E-state index is 16.2. The van der Waals surface area contributed by atoms with Gasteiger partial charge >= 0.3 is 0 Å². The second-order valence-electron chi connectivity index (χ2n) is 14.3. The minimum Gasteiger partial charge on any atom is -0.254 e. The van der Waals surface area contributed by atoms with Crippen molar-refractivity contribution in [3.63, 3.8) is 0 Å². The molecule has 11 rings (SSSR count). The van der Waals surface area contributed by atoms with Gasteiger partial charge in [-0.1, -0.05) is 84.9 Å². The first-order valence-electron chi connectivity index (χ1n) is 18.9. The van der Waals surface area contributed by atoms with Crippen molar-refractivity contribution in [2.24, 2.45) is 0 Å². The van der Waals surface area contributed by atoms with Crippen molar-refractivity contribution in [2.75, 3.05) is 0 Å². The van der Waals surface area contributed by atoms with E-state index in [0.29, 0.717) is 27.6 Å². The summed E-state index contributed by atoms with van der Waals surface area (Å²) in [5.74, 6) is -3.75. The van der Waals surface area contributed by atoms with E-state index in [-0.39, 0.29) is 51.1 Å². The summed E-state index contributed by atoms with van der Waals surface area (Å²) in [6.07, 6.45) is 3.28. The fourth-order valence-corrected chi connectivity index (χ4v) is 7.71. The van der Waals surface area contributed by atoms with E-state index in [1.807, 2.05) is 72.8 Å². The van der Waals surface area contributed by atoms with Gasteiger partial charge in [0, 0.05) is 50.6 Å². The number of aromatic nitrogens is 7. The van der Waals surface area contributed by atoms with Crippen LogP contribution in [0.15, 0.2) is 152 Å². The van der Waals surface area contributed by atoms with Crippen molar-refractivity contribution >= 4 is 54.4 Å². The summed E-state index contributed by atoms with van der Waals surface area (Å²) >= 11 is 0. The van der Waals surface area contributed by atoms with Crippen LogP contribution in [0.25, 0.3) is 111 Å². The van der Waals surface area contributed by atoms with Gasteiger partial charge in [-0.3, -0.25) is 9.97 Å². The topological polar surface area (TPSA) is 90.2 Å². The van der Waals surface area contributed by atoms with Crippen LogP contribution in [0.2, 0.25) is 0 Å². The Hall–Kier alpha value is -8.05. The van der Waals surface area contributed by atoms with Crippen molar-refractivity contribution < 1.29 is 17.6 Å². The Morgan fingerprint density at radius 3 is 1.17 bits per heavy atom. The van der Waals surface area contributed by atoms with Gasteiger partial charge in [0.05, 0.1) is 44.6 Å². The van der Waals surface area contributed by atoms with E-state index in [9.17, 15) is 0 Å². The molecular formula is C49H25F4N7. The van der Waals surface area contributed by atoms with Crippen LogP contribution in [0, 0.1) is 23.3 Å². The van der Waals surface area contributed by atoms with Crippen LogP contribution in [0.4, 0.5) is 17.6 Å². The zero-order chi connectivity index (χ0) is 40.5. The molecule has 11 aromatic rings. The third kappa shape index (κ3) is 5.94. The van der Waals surface area contributed by atoms with E-state index in [0.717, 1.165) is 56.6 Å². The number of pyridine rings is 4. The molecule has 0 atom stereocenters. The molecule has 0 aliphatic carbocycles. The number of hydrogen-bond donors (Lipinski definition) is 0. The molecule has 0 amide bonds. The van der Waals surface area contributed by atoms with Crippen LogP contribution in [0.1, 0.15) is 0 Å². The Kier molecular flexibility index (Phi) is 8.09. The number of fused-ring (bicyclic) bond motifs is 7. The molecule has 0 bridgehead atoms. The van der Waals surface area contributed by atoms with Crippen molar-refractivity contribution in [3.8, 4) is 56.7 Å². The van der Waals surface area contributed by atoms with E-state index in [1.165, 1.54) is 0 Å². The number of rotatable bonds is 5. The molecular weight excluding hydrogens is 763 g/mol. The molecule has 11 heteroatoms. The fraction of sp³-hybridized carbons (Fsp3) is 0. The average Bonchev–Trinajstić information content (AvgIpc) is 3.28. The van der Waals surface area contributed by atoms with E-state index >= 15 is 17.6 Å². The molecule has 0 aliphatic rings. The quantitative estimate of drug-likeness (QED) is 0.127. The molecule has 7 nitrogen and oxygen atoms in total. The lowest BCUT2D eigenvalue weighted by molar-refractivity contribution is 0.589. The molecule has 0 saturated carbocycles. The second-order valence-corrected chi connectivity index (χ2v) is 14.3.